The Hall–Kier alpha value is -0.850. The molecular weight excluding hydrogens is 377 g/mol. The summed E-state index contributed by atoms with van der Waals surface area (Å²) in [6.07, 6.45) is 1.05. The predicted molar refractivity (Wildman–Crippen MR) is 107 cm³/mol. The van der Waals surface area contributed by atoms with Gasteiger partial charge in [-0.1, -0.05) is 25.4 Å². The average Bonchev–Trinajstić information content (AvgIpc) is 2.98. The number of thiazole rings is 1. The number of benzene rings is 1. The van der Waals surface area contributed by atoms with E-state index >= 15 is 0 Å². The molecule has 1 saturated heterocycles. The number of hydrogen-bond acceptors (Lipinski definition) is 5. The van der Waals surface area contributed by atoms with Gasteiger partial charge in [-0.15, -0.1) is 23.7 Å². The van der Waals surface area contributed by atoms with Gasteiger partial charge >= 0.3 is 0 Å². The highest BCUT2D eigenvalue weighted by Gasteiger charge is 2.33. The molecule has 2 heterocycles. The molecule has 1 unspecified atom stereocenters. The zero-order valence-electron chi connectivity index (χ0n) is 14.6. The van der Waals surface area contributed by atoms with Gasteiger partial charge in [-0.25, -0.2) is 4.98 Å². The number of piperidine rings is 1. The van der Waals surface area contributed by atoms with Crippen LogP contribution in [0.5, 0.6) is 5.75 Å². The van der Waals surface area contributed by atoms with Crippen molar-refractivity contribution in [2.24, 2.45) is 11.1 Å². The van der Waals surface area contributed by atoms with Gasteiger partial charge in [0.2, 0.25) is 0 Å². The number of rotatable bonds is 5. The lowest BCUT2D eigenvalue weighted by molar-refractivity contribution is 0.0890. The Morgan fingerprint density at radius 1 is 1.36 bits per heavy atom. The first-order valence-electron chi connectivity index (χ1n) is 8.22. The summed E-state index contributed by atoms with van der Waals surface area (Å²) >= 11 is 7.52. The third kappa shape index (κ3) is 5.56. The topological polar surface area (TPSA) is 51.4 Å². The zero-order chi connectivity index (χ0) is 17.2. The molecule has 0 aliphatic carbocycles. The van der Waals surface area contributed by atoms with Crippen LogP contribution in [0.25, 0.3) is 0 Å². The second-order valence-electron chi connectivity index (χ2n) is 7.07. The fourth-order valence-electron chi connectivity index (χ4n) is 3.01. The largest absolute Gasteiger partial charge is 0.486 e. The van der Waals surface area contributed by atoms with Crippen LogP contribution in [-0.2, 0) is 13.2 Å². The second kappa shape index (κ2) is 8.69. The maximum absolute atomic E-state index is 6.21. The highest BCUT2D eigenvalue weighted by molar-refractivity contribution is 7.09. The fourth-order valence-corrected chi connectivity index (χ4v) is 3.84. The Kier molecular flexibility index (Phi) is 7.11. The number of hydrogen-bond donors (Lipinski definition) is 1. The average molecular weight is 402 g/mol. The summed E-state index contributed by atoms with van der Waals surface area (Å²) in [5, 5.41) is 3.83. The highest BCUT2D eigenvalue weighted by Crippen LogP contribution is 2.28. The number of nitrogens with two attached hydrogens (primary N) is 1. The highest BCUT2D eigenvalue weighted by atomic mass is 35.5. The molecule has 1 fully saturated rings. The molecule has 0 bridgehead atoms. The molecule has 1 aromatic heterocycles. The van der Waals surface area contributed by atoms with Crippen LogP contribution in [0, 0.1) is 5.41 Å². The number of halogens is 2. The van der Waals surface area contributed by atoms with Gasteiger partial charge in [0.25, 0.3) is 0 Å². The van der Waals surface area contributed by atoms with Crippen molar-refractivity contribution in [2.45, 2.75) is 39.5 Å². The first-order chi connectivity index (χ1) is 11.4. The van der Waals surface area contributed by atoms with Crippen LogP contribution in [0.4, 0.5) is 0 Å². The summed E-state index contributed by atoms with van der Waals surface area (Å²) in [5.74, 6) is 0.808. The zero-order valence-corrected chi connectivity index (χ0v) is 17.0. The maximum Gasteiger partial charge on any atom is 0.140 e. The van der Waals surface area contributed by atoms with Crippen LogP contribution in [-0.4, -0.2) is 29.0 Å². The minimum atomic E-state index is 0. The SMILES string of the molecule is CC1(C)CN(Cc2csc(COc3ccc(Cl)cc3)n2)CCC1N.Cl. The van der Waals surface area contributed by atoms with Crippen molar-refractivity contribution in [2.75, 3.05) is 13.1 Å². The van der Waals surface area contributed by atoms with E-state index in [-0.39, 0.29) is 23.9 Å². The molecule has 3 rings (SSSR count). The number of aromatic nitrogens is 1. The summed E-state index contributed by atoms with van der Waals surface area (Å²) in [4.78, 5) is 7.14. The molecule has 4 nitrogen and oxygen atoms in total. The van der Waals surface area contributed by atoms with Crippen LogP contribution >= 0.6 is 35.3 Å². The molecule has 25 heavy (non-hydrogen) atoms. The second-order valence-corrected chi connectivity index (χ2v) is 8.45. The van der Waals surface area contributed by atoms with Crippen molar-refractivity contribution in [3.05, 3.63) is 45.4 Å². The van der Waals surface area contributed by atoms with E-state index in [4.69, 9.17) is 27.1 Å². The molecular formula is C18H25Cl2N3OS. The Morgan fingerprint density at radius 2 is 2.08 bits per heavy atom. The first kappa shape index (κ1) is 20.5. The van der Waals surface area contributed by atoms with Crippen LogP contribution in [0.1, 0.15) is 31.0 Å². The van der Waals surface area contributed by atoms with Crippen molar-refractivity contribution in [1.29, 1.82) is 0 Å². The van der Waals surface area contributed by atoms with Crippen molar-refractivity contribution < 1.29 is 4.74 Å². The molecule has 0 amide bonds. The van der Waals surface area contributed by atoms with Crippen molar-refractivity contribution >= 4 is 35.3 Å². The molecule has 1 aliphatic heterocycles. The van der Waals surface area contributed by atoms with E-state index in [1.165, 1.54) is 0 Å². The maximum atomic E-state index is 6.21. The quantitative estimate of drug-likeness (QED) is 0.808. The summed E-state index contributed by atoms with van der Waals surface area (Å²) in [6, 6.07) is 7.68. The van der Waals surface area contributed by atoms with E-state index < -0.39 is 0 Å². The van der Waals surface area contributed by atoms with Crippen LogP contribution in [0.3, 0.4) is 0 Å². The van der Waals surface area contributed by atoms with Crippen LogP contribution < -0.4 is 10.5 Å². The molecule has 1 atom stereocenters. The minimum Gasteiger partial charge on any atom is -0.486 e. The lowest BCUT2D eigenvalue weighted by Gasteiger charge is -2.42. The molecule has 0 saturated carbocycles. The molecule has 7 heteroatoms. The van der Waals surface area contributed by atoms with Crippen molar-refractivity contribution in [3.63, 3.8) is 0 Å². The summed E-state index contributed by atoms with van der Waals surface area (Å²) in [7, 11) is 0. The summed E-state index contributed by atoms with van der Waals surface area (Å²) in [5.41, 5.74) is 7.48. The Morgan fingerprint density at radius 3 is 2.76 bits per heavy atom. The third-order valence-corrected chi connectivity index (χ3v) is 5.68. The Balaban J connectivity index is 0.00000225. The minimum absolute atomic E-state index is 0. The van der Waals surface area contributed by atoms with Gasteiger partial charge in [0.15, 0.2) is 0 Å². The smallest absolute Gasteiger partial charge is 0.140 e. The van der Waals surface area contributed by atoms with Crippen LogP contribution in [0.2, 0.25) is 5.02 Å². The Labute approximate surface area is 164 Å². The van der Waals surface area contributed by atoms with Crippen LogP contribution in [0.15, 0.2) is 29.6 Å². The molecule has 2 aromatic rings. The van der Waals surface area contributed by atoms with Gasteiger partial charge in [0.1, 0.15) is 17.4 Å². The van der Waals surface area contributed by atoms with Gasteiger partial charge < -0.3 is 10.5 Å². The van der Waals surface area contributed by atoms with Gasteiger partial charge in [0.05, 0.1) is 5.69 Å². The molecule has 138 valence electrons. The lowest BCUT2D eigenvalue weighted by Crippen LogP contribution is -2.52. The third-order valence-electron chi connectivity index (χ3n) is 4.55. The number of nitrogens with zero attached hydrogens (tertiary/aromatic N) is 2. The normalized spacial score (nSPS) is 20.1. The summed E-state index contributed by atoms with van der Waals surface area (Å²) in [6.45, 7) is 7.92. The van der Waals surface area contributed by atoms with E-state index in [9.17, 15) is 0 Å². The van der Waals surface area contributed by atoms with E-state index in [0.29, 0.717) is 11.6 Å². The monoisotopic (exact) mass is 401 g/mol. The van der Waals surface area contributed by atoms with Gasteiger partial charge in [0, 0.05) is 36.1 Å². The molecule has 1 aromatic carbocycles. The number of likely N-dealkylation sites (tertiary alicyclic amines) is 1. The van der Waals surface area contributed by atoms with E-state index in [0.717, 1.165) is 42.5 Å². The standard InChI is InChI=1S/C18H24ClN3OS.ClH/c1-18(2)12-22(8-7-16(18)20)9-14-11-24-17(21-14)10-23-15-5-3-13(19)4-6-15;/h3-6,11,16H,7-10,12,20H2,1-2H3;1H. The summed E-state index contributed by atoms with van der Waals surface area (Å²) < 4.78 is 5.76. The first-order valence-corrected chi connectivity index (χ1v) is 9.48. The van der Waals surface area contributed by atoms with E-state index in [2.05, 4.69) is 24.1 Å². The molecule has 2 N–H and O–H groups in total. The molecule has 1 aliphatic rings. The van der Waals surface area contributed by atoms with Gasteiger partial charge in [-0.05, 0) is 36.1 Å². The Bertz CT molecular complexity index is 675. The van der Waals surface area contributed by atoms with Gasteiger partial charge in [-0.2, -0.15) is 0 Å². The molecule has 0 spiro atoms. The van der Waals surface area contributed by atoms with Crippen molar-refractivity contribution in [1.82, 2.24) is 9.88 Å². The van der Waals surface area contributed by atoms with Gasteiger partial charge in [-0.3, -0.25) is 4.90 Å². The number of ether oxygens (including phenoxy) is 1. The fraction of sp³-hybridized carbons (Fsp3) is 0.500. The predicted octanol–water partition coefficient (Wildman–Crippen LogP) is 4.36. The van der Waals surface area contributed by atoms with Crippen molar-refractivity contribution in [3.8, 4) is 5.75 Å². The molecule has 0 radical (unpaired) electrons. The van der Waals surface area contributed by atoms with E-state index in [1.807, 2.05) is 24.3 Å². The van der Waals surface area contributed by atoms with E-state index in [1.54, 1.807) is 11.3 Å². The lowest BCUT2D eigenvalue weighted by atomic mass is 9.80.